The van der Waals surface area contributed by atoms with Gasteiger partial charge in [-0.05, 0) is 25.0 Å². The van der Waals surface area contributed by atoms with E-state index in [0.29, 0.717) is 17.0 Å². The van der Waals surface area contributed by atoms with Crippen molar-refractivity contribution in [3.63, 3.8) is 0 Å². The van der Waals surface area contributed by atoms with E-state index >= 15 is 0 Å². The topological polar surface area (TPSA) is 79.5 Å². The molecule has 0 radical (unpaired) electrons. The molecule has 1 aromatic carbocycles. The SMILES string of the molecule is CN1C=CC2CC1(C(=O)Nc1nc3cc4c(cc3[nH]1)OC(F)(F)O4)C2. The fourth-order valence-electron chi connectivity index (χ4n) is 3.71. The summed E-state index contributed by atoms with van der Waals surface area (Å²) in [6, 6.07) is 2.73. The number of aromatic nitrogens is 2. The Morgan fingerprint density at radius 3 is 2.80 bits per heavy atom. The van der Waals surface area contributed by atoms with Gasteiger partial charge in [0, 0.05) is 19.2 Å². The van der Waals surface area contributed by atoms with E-state index in [1.165, 1.54) is 12.1 Å². The third-order valence-corrected chi connectivity index (χ3v) is 5.12. The molecule has 4 aliphatic rings. The smallest absolute Gasteiger partial charge is 0.395 e. The summed E-state index contributed by atoms with van der Waals surface area (Å²) < 4.78 is 35.0. The molecule has 25 heavy (non-hydrogen) atoms. The van der Waals surface area contributed by atoms with Crippen LogP contribution in [0.1, 0.15) is 12.8 Å². The molecular formula is C16H14F2N4O3. The molecular weight excluding hydrogens is 334 g/mol. The van der Waals surface area contributed by atoms with Crippen molar-refractivity contribution in [2.24, 2.45) is 5.92 Å². The number of rotatable bonds is 2. The second-order valence-electron chi connectivity index (χ2n) is 6.68. The van der Waals surface area contributed by atoms with Crippen LogP contribution in [-0.4, -0.2) is 39.7 Å². The summed E-state index contributed by atoms with van der Waals surface area (Å²) in [6.45, 7) is 0. The van der Waals surface area contributed by atoms with Crippen LogP contribution in [0.4, 0.5) is 14.7 Å². The first-order chi connectivity index (χ1) is 11.8. The fraction of sp³-hybridized carbons (Fsp3) is 0.375. The monoisotopic (exact) mass is 348 g/mol. The number of anilines is 1. The molecule has 3 aliphatic heterocycles. The van der Waals surface area contributed by atoms with Crippen molar-refractivity contribution in [2.75, 3.05) is 12.4 Å². The van der Waals surface area contributed by atoms with Gasteiger partial charge in [0.05, 0.1) is 11.0 Å². The Morgan fingerprint density at radius 2 is 2.08 bits per heavy atom. The standard InChI is InChI=1S/C16H14F2N4O3/c1-22-3-2-8-6-15(22,7-8)13(23)21-14-19-9-4-11-12(5-10(9)20-14)25-16(17,18)24-11/h2-5,8H,6-7H2,1H3,(H2,19,20,21,23). The normalized spacial score (nSPS) is 28.1. The Balaban J connectivity index is 1.42. The minimum atomic E-state index is -3.67. The summed E-state index contributed by atoms with van der Waals surface area (Å²) in [6.07, 6.45) is 1.91. The molecule has 1 aliphatic carbocycles. The number of benzene rings is 1. The van der Waals surface area contributed by atoms with Crippen LogP contribution in [0.25, 0.3) is 11.0 Å². The molecule has 0 atom stereocenters. The number of imidazole rings is 1. The van der Waals surface area contributed by atoms with Crippen molar-refractivity contribution in [2.45, 2.75) is 24.7 Å². The van der Waals surface area contributed by atoms with Crippen molar-refractivity contribution < 1.29 is 23.0 Å². The van der Waals surface area contributed by atoms with Crippen LogP contribution in [0, 0.1) is 5.92 Å². The molecule has 0 spiro atoms. The zero-order valence-electron chi connectivity index (χ0n) is 13.2. The van der Waals surface area contributed by atoms with Crippen LogP contribution in [0.3, 0.4) is 0 Å². The number of nitrogens with one attached hydrogen (secondary N) is 2. The van der Waals surface area contributed by atoms with E-state index < -0.39 is 11.8 Å². The largest absolute Gasteiger partial charge is 0.586 e. The summed E-state index contributed by atoms with van der Waals surface area (Å²) in [5.74, 6) is 0.407. The third kappa shape index (κ3) is 2.01. The average Bonchev–Trinajstić information content (AvgIpc) is 3.00. The first kappa shape index (κ1) is 14.5. The summed E-state index contributed by atoms with van der Waals surface area (Å²) in [7, 11) is 1.88. The number of ether oxygens (including phenoxy) is 2. The molecule has 2 aromatic rings. The van der Waals surface area contributed by atoms with E-state index in [9.17, 15) is 13.6 Å². The number of carbonyl (C=O) groups is 1. The second-order valence-corrected chi connectivity index (χ2v) is 6.68. The van der Waals surface area contributed by atoms with Gasteiger partial charge in [0.2, 0.25) is 5.95 Å². The quantitative estimate of drug-likeness (QED) is 0.871. The first-order valence-corrected chi connectivity index (χ1v) is 7.87. The molecule has 130 valence electrons. The van der Waals surface area contributed by atoms with Crippen molar-refractivity contribution >= 4 is 22.9 Å². The summed E-state index contributed by atoms with van der Waals surface area (Å²) in [5.41, 5.74) is 0.321. The van der Waals surface area contributed by atoms with E-state index in [1.807, 2.05) is 18.1 Å². The lowest BCUT2D eigenvalue weighted by atomic mass is 9.64. The number of allylic oxidation sites excluding steroid dienone is 1. The minimum Gasteiger partial charge on any atom is -0.395 e. The van der Waals surface area contributed by atoms with Gasteiger partial charge in [-0.25, -0.2) is 4.98 Å². The number of aromatic amines is 1. The van der Waals surface area contributed by atoms with E-state index in [2.05, 4.69) is 30.8 Å². The molecule has 0 unspecified atom stereocenters. The molecule has 0 saturated heterocycles. The molecule has 1 aromatic heterocycles. The predicted molar refractivity (Wildman–Crippen MR) is 83.3 cm³/mol. The Bertz CT molecular complexity index is 888. The van der Waals surface area contributed by atoms with Crippen LogP contribution in [0.15, 0.2) is 24.4 Å². The Morgan fingerprint density at radius 1 is 1.36 bits per heavy atom. The van der Waals surface area contributed by atoms with E-state index in [4.69, 9.17) is 0 Å². The summed E-state index contributed by atoms with van der Waals surface area (Å²) in [4.78, 5) is 21.8. The van der Waals surface area contributed by atoms with Gasteiger partial charge in [-0.1, -0.05) is 6.08 Å². The number of H-pyrrole nitrogens is 1. The third-order valence-electron chi connectivity index (χ3n) is 5.12. The lowest BCUT2D eigenvalue weighted by Crippen LogP contribution is -2.63. The molecule has 4 heterocycles. The van der Waals surface area contributed by atoms with Gasteiger partial charge in [0.25, 0.3) is 5.91 Å². The number of amides is 1. The van der Waals surface area contributed by atoms with Crippen LogP contribution >= 0.6 is 0 Å². The zero-order chi connectivity index (χ0) is 17.4. The van der Waals surface area contributed by atoms with Gasteiger partial charge in [0.15, 0.2) is 11.5 Å². The number of fused-ring (bicyclic) bond motifs is 3. The van der Waals surface area contributed by atoms with Crippen molar-refractivity contribution in [3.05, 3.63) is 24.4 Å². The van der Waals surface area contributed by atoms with E-state index in [0.717, 1.165) is 12.8 Å². The molecule has 1 fully saturated rings. The maximum atomic E-state index is 13.1. The number of hydrogen-bond acceptors (Lipinski definition) is 5. The fourth-order valence-corrected chi connectivity index (χ4v) is 3.71. The highest BCUT2D eigenvalue weighted by Gasteiger charge is 2.54. The minimum absolute atomic E-state index is 0.0726. The Hall–Kier alpha value is -2.84. The summed E-state index contributed by atoms with van der Waals surface area (Å²) >= 11 is 0. The molecule has 6 rings (SSSR count). The first-order valence-electron chi connectivity index (χ1n) is 7.87. The van der Waals surface area contributed by atoms with E-state index in [-0.39, 0.29) is 23.4 Å². The van der Waals surface area contributed by atoms with Crippen molar-refractivity contribution in [1.82, 2.24) is 14.9 Å². The number of nitrogens with zero attached hydrogens (tertiary/aromatic N) is 2. The second kappa shape index (κ2) is 4.41. The van der Waals surface area contributed by atoms with Crippen LogP contribution < -0.4 is 14.8 Å². The van der Waals surface area contributed by atoms with Crippen LogP contribution in [-0.2, 0) is 4.79 Å². The maximum absolute atomic E-state index is 13.1. The van der Waals surface area contributed by atoms with Gasteiger partial charge in [0.1, 0.15) is 5.54 Å². The van der Waals surface area contributed by atoms with Gasteiger partial charge in [-0.15, -0.1) is 8.78 Å². The number of likely N-dealkylation sites (N-methyl/N-ethyl adjacent to an activating group) is 1. The van der Waals surface area contributed by atoms with Crippen LogP contribution in [0.2, 0.25) is 0 Å². The maximum Gasteiger partial charge on any atom is 0.586 e. The van der Waals surface area contributed by atoms with Gasteiger partial charge in [-0.3, -0.25) is 10.1 Å². The van der Waals surface area contributed by atoms with Gasteiger partial charge >= 0.3 is 6.29 Å². The van der Waals surface area contributed by atoms with Gasteiger partial charge in [-0.2, -0.15) is 0 Å². The lowest BCUT2D eigenvalue weighted by molar-refractivity contribution is -0.286. The summed E-state index contributed by atoms with van der Waals surface area (Å²) in [5, 5.41) is 2.79. The molecule has 7 nitrogen and oxygen atoms in total. The highest BCUT2D eigenvalue weighted by Crippen LogP contribution is 2.47. The zero-order valence-corrected chi connectivity index (χ0v) is 13.2. The number of hydrogen-bond donors (Lipinski definition) is 2. The number of carbonyl (C=O) groups excluding carboxylic acids is 1. The van der Waals surface area contributed by atoms with Crippen LogP contribution in [0.5, 0.6) is 11.5 Å². The Labute approximate surface area is 140 Å². The number of alkyl halides is 2. The average molecular weight is 348 g/mol. The molecule has 2 bridgehead atoms. The molecule has 1 saturated carbocycles. The lowest BCUT2D eigenvalue weighted by Gasteiger charge is -2.53. The molecule has 1 amide bonds. The number of halogens is 2. The highest BCUT2D eigenvalue weighted by atomic mass is 19.3. The van der Waals surface area contributed by atoms with Crippen molar-refractivity contribution in [1.29, 1.82) is 0 Å². The van der Waals surface area contributed by atoms with Crippen molar-refractivity contribution in [3.8, 4) is 11.5 Å². The molecule has 9 heteroatoms. The van der Waals surface area contributed by atoms with Gasteiger partial charge < -0.3 is 19.4 Å². The van der Waals surface area contributed by atoms with E-state index in [1.54, 1.807) is 0 Å². The molecule has 2 N–H and O–H groups in total. The Kier molecular flexibility index (Phi) is 2.56. The highest BCUT2D eigenvalue weighted by molar-refractivity contribution is 5.99. The predicted octanol–water partition coefficient (Wildman–Crippen LogP) is 2.43.